The van der Waals surface area contributed by atoms with Gasteiger partial charge in [0.2, 0.25) is 0 Å². The third kappa shape index (κ3) is 2930. The van der Waals surface area contributed by atoms with E-state index in [4.69, 9.17) is 60.3 Å². The summed E-state index contributed by atoms with van der Waals surface area (Å²) >= 11 is 0. The molecule has 0 heterocycles. The first-order chi connectivity index (χ1) is 6.93. The molecule has 0 aliphatic rings. The van der Waals surface area contributed by atoms with Gasteiger partial charge in [0.1, 0.15) is 0 Å². The summed E-state index contributed by atoms with van der Waals surface area (Å²) in [6.45, 7) is 0. The van der Waals surface area contributed by atoms with Crippen molar-refractivity contribution in [2.24, 2.45) is 0 Å². The summed E-state index contributed by atoms with van der Waals surface area (Å²) in [7, 11) is -9.67. The van der Waals surface area contributed by atoms with Crippen LogP contribution in [0.2, 0.25) is 0 Å². The first kappa shape index (κ1) is 36.5. The molecule has 18 heteroatoms. The Labute approximate surface area is 134 Å². The van der Waals surface area contributed by atoms with Gasteiger partial charge in [-0.05, 0) is 0 Å². The standard InChI is InChI=1S/2BH3O3.BH2O3.BO3.Li.Sc/c4*2-1(3)4;;/h2*2-4H;2-3H;;;/q;;-1;-3;+1;+3. The maximum absolute atomic E-state index is 8.64. The molecule has 18 heavy (non-hydrogen) atoms. The monoisotopic (exact) mass is 296 g/mol. The van der Waals surface area contributed by atoms with Crippen LogP contribution in [0.3, 0.4) is 0 Å². The molecule has 0 atom stereocenters. The summed E-state index contributed by atoms with van der Waals surface area (Å²) in [5.41, 5.74) is 0. The number of hydrogen-bond donors (Lipinski definition) is 8. The average Bonchev–Trinajstić information content (AvgIpc) is 1.76. The second kappa shape index (κ2) is 30.9. The number of rotatable bonds is 0. The van der Waals surface area contributed by atoms with Crippen molar-refractivity contribution in [3.63, 3.8) is 0 Å². The van der Waals surface area contributed by atoms with Gasteiger partial charge in [-0.25, -0.2) is 0 Å². The molecule has 0 aliphatic carbocycles. The summed E-state index contributed by atoms with van der Waals surface area (Å²) < 4.78 is 0. The zero-order chi connectivity index (χ0) is 14.3. The normalized spacial score (nSPS) is 6.00. The van der Waals surface area contributed by atoms with Gasteiger partial charge in [0.05, 0.1) is 0 Å². The first-order valence-electron chi connectivity index (χ1n) is 3.01. The molecule has 0 aliphatic heterocycles. The fourth-order valence-electron chi connectivity index (χ4n) is 0. The minimum Gasteiger partial charge on any atom is -0.907 e. The van der Waals surface area contributed by atoms with Gasteiger partial charge in [0.15, 0.2) is 0 Å². The van der Waals surface area contributed by atoms with Crippen molar-refractivity contribution in [1.29, 1.82) is 0 Å². The van der Waals surface area contributed by atoms with Crippen molar-refractivity contribution in [2.75, 3.05) is 0 Å². The molecule has 0 spiro atoms. The van der Waals surface area contributed by atoms with Gasteiger partial charge in [-0.2, -0.15) is 0 Å². The van der Waals surface area contributed by atoms with Gasteiger partial charge in [-0.3, -0.25) is 7.32 Å². The van der Waals surface area contributed by atoms with E-state index in [0.717, 1.165) is 0 Å². The van der Waals surface area contributed by atoms with E-state index < -0.39 is 29.3 Å². The van der Waals surface area contributed by atoms with Crippen LogP contribution >= 0.6 is 0 Å². The average molecular weight is 295 g/mol. The Morgan fingerprint density at radius 3 is 0.556 bits per heavy atom. The van der Waals surface area contributed by atoms with E-state index in [9.17, 15) is 0 Å². The minimum absolute atomic E-state index is 0. The van der Waals surface area contributed by atoms with E-state index in [1.54, 1.807) is 0 Å². The van der Waals surface area contributed by atoms with Gasteiger partial charge in [-0.15, -0.1) is 0 Å². The number of hydrogen-bond acceptors (Lipinski definition) is 12. The third-order valence-corrected chi connectivity index (χ3v) is 0. The summed E-state index contributed by atoms with van der Waals surface area (Å²) in [5.74, 6) is 0. The Hall–Kier alpha value is 1.25. The van der Waals surface area contributed by atoms with Crippen molar-refractivity contribution >= 4 is 29.3 Å². The molecule has 12 nitrogen and oxygen atoms in total. The predicted molar refractivity (Wildman–Crippen MR) is 40.8 cm³/mol. The Balaban J connectivity index is -0.0000000257. The first-order valence-corrected chi connectivity index (χ1v) is 3.01. The molecule has 0 unspecified atom stereocenters. The third-order valence-electron chi connectivity index (χ3n) is 0. The summed E-state index contributed by atoms with van der Waals surface area (Å²) in [4.78, 5) is 0. The largest absolute Gasteiger partial charge is 3.00 e. The SMILES string of the molecule is OB(O)O.OB(O)O.[Li+].[O-]B(O)O.[O-]B([O-])[O-].[Sc+3]. The Morgan fingerprint density at radius 1 is 0.556 bits per heavy atom. The molecular formula is H8B4LiO12Sc. The molecule has 0 rings (SSSR count). The molecule has 0 amide bonds. The molecule has 8 N–H and O–H groups in total. The quantitative estimate of drug-likeness (QED) is 0.194. The van der Waals surface area contributed by atoms with Crippen molar-refractivity contribution in [2.45, 2.75) is 0 Å². The van der Waals surface area contributed by atoms with Gasteiger partial charge in [0, 0.05) is 0 Å². The van der Waals surface area contributed by atoms with Gasteiger partial charge in [-0.1, -0.05) is 0 Å². The van der Waals surface area contributed by atoms with Gasteiger partial charge >= 0.3 is 66.7 Å². The van der Waals surface area contributed by atoms with Crippen LogP contribution in [0.4, 0.5) is 0 Å². The van der Waals surface area contributed by atoms with Crippen molar-refractivity contribution in [3.8, 4) is 0 Å². The summed E-state index contributed by atoms with van der Waals surface area (Å²) in [6, 6.07) is 0. The van der Waals surface area contributed by atoms with E-state index in [1.165, 1.54) is 0 Å². The molecule has 0 fully saturated rings. The fraction of sp³-hybridized carbons (Fsp3) is 0. The molecule has 0 aromatic carbocycles. The van der Waals surface area contributed by atoms with Crippen LogP contribution in [0.1, 0.15) is 0 Å². The molecule has 0 aromatic rings. The molecule has 0 radical (unpaired) electrons. The molecule has 96 valence electrons. The van der Waals surface area contributed by atoms with Gasteiger partial charge < -0.3 is 60.3 Å². The molecule has 0 saturated heterocycles. The van der Waals surface area contributed by atoms with E-state index in [0.29, 0.717) is 0 Å². The van der Waals surface area contributed by atoms with Crippen molar-refractivity contribution < 1.29 is 105 Å². The van der Waals surface area contributed by atoms with Crippen LogP contribution < -0.4 is 39.0 Å². The van der Waals surface area contributed by atoms with Crippen LogP contribution in [0.25, 0.3) is 0 Å². The Morgan fingerprint density at radius 2 is 0.556 bits per heavy atom. The van der Waals surface area contributed by atoms with E-state index in [-0.39, 0.29) is 44.7 Å². The van der Waals surface area contributed by atoms with Crippen LogP contribution in [0.15, 0.2) is 0 Å². The van der Waals surface area contributed by atoms with Crippen molar-refractivity contribution in [1.82, 2.24) is 0 Å². The second-order valence-corrected chi connectivity index (χ2v) is 1.31. The van der Waals surface area contributed by atoms with Crippen LogP contribution in [0.5, 0.6) is 0 Å². The maximum Gasteiger partial charge on any atom is 3.00 e. The molecule has 0 bridgehead atoms. The van der Waals surface area contributed by atoms with Crippen molar-refractivity contribution in [3.05, 3.63) is 0 Å². The maximum atomic E-state index is 8.64. The second-order valence-electron chi connectivity index (χ2n) is 1.31. The molecule has 0 saturated carbocycles. The minimum atomic E-state index is -2.92. The smallest absolute Gasteiger partial charge is 0.907 e. The van der Waals surface area contributed by atoms with Crippen LogP contribution in [0, 0.1) is 0 Å². The van der Waals surface area contributed by atoms with Crippen LogP contribution in [-0.2, 0) is 25.8 Å². The van der Waals surface area contributed by atoms with Gasteiger partial charge in [0.25, 0.3) is 0 Å². The Bertz CT molecular complexity index is 67.1. The summed E-state index contributed by atoms with van der Waals surface area (Å²) in [6.07, 6.45) is 0. The fourth-order valence-corrected chi connectivity index (χ4v) is 0. The van der Waals surface area contributed by atoms with E-state index in [1.807, 2.05) is 0 Å². The van der Waals surface area contributed by atoms with E-state index in [2.05, 4.69) is 0 Å². The molecular weight excluding hydrogens is 287 g/mol. The predicted octanol–water partition coefficient (Wildman–Crippen LogP) is -13.7. The zero-order valence-electron chi connectivity index (χ0n) is 9.10. The summed E-state index contributed by atoms with van der Waals surface area (Å²) in [5, 5.41) is 91.0. The molecule has 0 aromatic heterocycles. The topological polar surface area (TPSA) is 254 Å². The zero-order valence-corrected chi connectivity index (χ0v) is 10.9. The Kier molecular flexibility index (Phi) is 62.8. The van der Waals surface area contributed by atoms with Crippen LogP contribution in [-0.4, -0.2) is 69.5 Å². The van der Waals surface area contributed by atoms with E-state index >= 15 is 0 Å².